The quantitative estimate of drug-likeness (QED) is 0.722. The van der Waals surface area contributed by atoms with E-state index in [2.05, 4.69) is 50.4 Å². The van der Waals surface area contributed by atoms with Crippen molar-refractivity contribution in [3.63, 3.8) is 0 Å². The van der Waals surface area contributed by atoms with E-state index < -0.39 is 0 Å². The van der Waals surface area contributed by atoms with E-state index in [-0.39, 0.29) is 11.6 Å². The number of rotatable bonds is 9. The average molecular weight is 327 g/mol. The molecule has 0 aliphatic heterocycles. The van der Waals surface area contributed by atoms with Gasteiger partial charge in [0.25, 0.3) is 0 Å². The van der Waals surface area contributed by atoms with Crippen molar-refractivity contribution in [2.45, 2.75) is 45.9 Å². The Hall–Kier alpha value is -1.84. The standard InChI is InChI=1S/C21H29NO2/c1-5-24-21(3,4)16-22-17(2)19-11-13-20(14-12-19)23-15-18-9-7-6-8-10-18/h6-14,17,22H,5,15-16H2,1-4H3. The van der Waals surface area contributed by atoms with Crippen LogP contribution in [0, 0.1) is 0 Å². The third kappa shape index (κ3) is 5.99. The van der Waals surface area contributed by atoms with Crippen LogP contribution in [0.15, 0.2) is 54.6 Å². The number of hydrogen-bond acceptors (Lipinski definition) is 3. The van der Waals surface area contributed by atoms with E-state index in [0.717, 1.165) is 18.9 Å². The van der Waals surface area contributed by atoms with Gasteiger partial charge in [-0.2, -0.15) is 0 Å². The molecular weight excluding hydrogens is 298 g/mol. The van der Waals surface area contributed by atoms with Crippen molar-refractivity contribution in [1.29, 1.82) is 0 Å². The summed E-state index contributed by atoms with van der Waals surface area (Å²) in [5.74, 6) is 0.893. The van der Waals surface area contributed by atoms with E-state index in [1.165, 1.54) is 11.1 Å². The van der Waals surface area contributed by atoms with Gasteiger partial charge < -0.3 is 14.8 Å². The smallest absolute Gasteiger partial charge is 0.119 e. The van der Waals surface area contributed by atoms with Crippen molar-refractivity contribution in [3.8, 4) is 5.75 Å². The first-order chi connectivity index (χ1) is 11.5. The molecule has 0 amide bonds. The van der Waals surface area contributed by atoms with E-state index in [4.69, 9.17) is 9.47 Å². The van der Waals surface area contributed by atoms with Crippen LogP contribution in [-0.4, -0.2) is 18.8 Å². The first kappa shape index (κ1) is 18.5. The molecule has 0 aliphatic carbocycles. The molecule has 0 saturated heterocycles. The van der Waals surface area contributed by atoms with Crippen LogP contribution in [0.4, 0.5) is 0 Å². The second-order valence-corrected chi connectivity index (χ2v) is 6.64. The molecule has 0 radical (unpaired) electrons. The molecule has 0 aliphatic rings. The summed E-state index contributed by atoms with van der Waals surface area (Å²) >= 11 is 0. The van der Waals surface area contributed by atoms with Gasteiger partial charge in [-0.1, -0.05) is 42.5 Å². The molecule has 24 heavy (non-hydrogen) atoms. The summed E-state index contributed by atoms with van der Waals surface area (Å²) in [4.78, 5) is 0. The molecule has 130 valence electrons. The average Bonchev–Trinajstić information content (AvgIpc) is 2.59. The maximum Gasteiger partial charge on any atom is 0.119 e. The summed E-state index contributed by atoms with van der Waals surface area (Å²) < 4.78 is 11.6. The summed E-state index contributed by atoms with van der Waals surface area (Å²) in [6, 6.07) is 18.8. The lowest BCUT2D eigenvalue weighted by molar-refractivity contribution is -0.0103. The molecule has 0 heterocycles. The van der Waals surface area contributed by atoms with Gasteiger partial charge >= 0.3 is 0 Å². The molecule has 0 bridgehead atoms. The lowest BCUT2D eigenvalue weighted by Gasteiger charge is -2.27. The maximum absolute atomic E-state index is 5.83. The van der Waals surface area contributed by atoms with Crippen LogP contribution < -0.4 is 10.1 Å². The molecule has 1 unspecified atom stereocenters. The van der Waals surface area contributed by atoms with Crippen LogP contribution in [0.2, 0.25) is 0 Å². The normalized spacial score (nSPS) is 12.8. The molecule has 1 atom stereocenters. The summed E-state index contributed by atoms with van der Waals surface area (Å²) in [5, 5.41) is 3.54. The fourth-order valence-electron chi connectivity index (χ4n) is 2.55. The van der Waals surface area contributed by atoms with Crippen LogP contribution in [0.25, 0.3) is 0 Å². The topological polar surface area (TPSA) is 30.5 Å². The van der Waals surface area contributed by atoms with Gasteiger partial charge in [0.2, 0.25) is 0 Å². The van der Waals surface area contributed by atoms with E-state index in [1.54, 1.807) is 0 Å². The molecule has 0 fully saturated rings. The van der Waals surface area contributed by atoms with Crippen molar-refractivity contribution in [2.24, 2.45) is 0 Å². The van der Waals surface area contributed by atoms with E-state index >= 15 is 0 Å². The molecule has 2 rings (SSSR count). The largest absolute Gasteiger partial charge is 0.489 e. The minimum atomic E-state index is -0.151. The first-order valence-corrected chi connectivity index (χ1v) is 8.64. The Morgan fingerprint density at radius 2 is 1.67 bits per heavy atom. The van der Waals surface area contributed by atoms with Gasteiger partial charge in [0.15, 0.2) is 0 Å². The molecule has 0 spiro atoms. The van der Waals surface area contributed by atoms with Gasteiger partial charge in [0.05, 0.1) is 5.60 Å². The summed E-state index contributed by atoms with van der Waals surface area (Å²) in [6.07, 6.45) is 0. The van der Waals surface area contributed by atoms with Gasteiger partial charge in [-0.3, -0.25) is 0 Å². The highest BCUT2D eigenvalue weighted by Gasteiger charge is 2.18. The number of benzene rings is 2. The maximum atomic E-state index is 5.83. The van der Waals surface area contributed by atoms with Gasteiger partial charge in [-0.25, -0.2) is 0 Å². The summed E-state index contributed by atoms with van der Waals surface area (Å²) in [6.45, 7) is 10.6. The second-order valence-electron chi connectivity index (χ2n) is 6.64. The lowest BCUT2D eigenvalue weighted by Crippen LogP contribution is -2.38. The van der Waals surface area contributed by atoms with E-state index in [0.29, 0.717) is 6.61 Å². The Labute approximate surface area is 146 Å². The molecule has 2 aromatic rings. The zero-order valence-corrected chi connectivity index (χ0v) is 15.2. The SMILES string of the molecule is CCOC(C)(C)CNC(C)c1ccc(OCc2ccccc2)cc1. The number of ether oxygens (including phenoxy) is 2. The van der Waals surface area contributed by atoms with Gasteiger partial charge in [-0.15, -0.1) is 0 Å². The third-order valence-corrected chi connectivity index (χ3v) is 4.00. The Morgan fingerprint density at radius 3 is 2.29 bits per heavy atom. The molecule has 3 heteroatoms. The van der Waals surface area contributed by atoms with Gasteiger partial charge in [0, 0.05) is 19.2 Å². The van der Waals surface area contributed by atoms with Crippen LogP contribution in [0.5, 0.6) is 5.75 Å². The summed E-state index contributed by atoms with van der Waals surface area (Å²) in [5.41, 5.74) is 2.27. The van der Waals surface area contributed by atoms with Crippen molar-refractivity contribution in [1.82, 2.24) is 5.32 Å². The Balaban J connectivity index is 1.84. The fraction of sp³-hybridized carbons (Fsp3) is 0.429. The Bertz CT molecular complexity index is 593. The molecule has 0 aromatic heterocycles. The summed E-state index contributed by atoms with van der Waals surface area (Å²) in [7, 11) is 0. The van der Waals surface area contributed by atoms with Crippen molar-refractivity contribution in [2.75, 3.05) is 13.2 Å². The molecule has 0 saturated carbocycles. The fourth-order valence-corrected chi connectivity index (χ4v) is 2.55. The van der Waals surface area contributed by atoms with Crippen LogP contribution >= 0.6 is 0 Å². The molecular formula is C21H29NO2. The second kappa shape index (κ2) is 8.86. The van der Waals surface area contributed by atoms with Crippen molar-refractivity contribution in [3.05, 3.63) is 65.7 Å². The third-order valence-electron chi connectivity index (χ3n) is 4.00. The zero-order valence-electron chi connectivity index (χ0n) is 15.2. The van der Waals surface area contributed by atoms with Crippen molar-refractivity contribution < 1.29 is 9.47 Å². The highest BCUT2D eigenvalue weighted by atomic mass is 16.5. The van der Waals surface area contributed by atoms with Gasteiger partial charge in [0.1, 0.15) is 12.4 Å². The lowest BCUT2D eigenvalue weighted by atomic mass is 10.1. The highest BCUT2D eigenvalue weighted by Crippen LogP contribution is 2.19. The predicted octanol–water partition coefficient (Wildman–Crippen LogP) is 4.73. The predicted molar refractivity (Wildman–Crippen MR) is 99.3 cm³/mol. The highest BCUT2D eigenvalue weighted by molar-refractivity contribution is 5.29. The number of nitrogens with one attached hydrogen (secondary N) is 1. The molecule has 3 nitrogen and oxygen atoms in total. The number of hydrogen-bond donors (Lipinski definition) is 1. The Kier molecular flexibility index (Phi) is 6.83. The van der Waals surface area contributed by atoms with E-state index in [1.807, 2.05) is 37.3 Å². The first-order valence-electron chi connectivity index (χ1n) is 8.64. The Morgan fingerprint density at radius 1 is 1.00 bits per heavy atom. The monoisotopic (exact) mass is 327 g/mol. The molecule has 2 aromatic carbocycles. The minimum Gasteiger partial charge on any atom is -0.489 e. The molecule has 1 N–H and O–H groups in total. The minimum absolute atomic E-state index is 0.151. The van der Waals surface area contributed by atoms with Gasteiger partial charge in [-0.05, 0) is 51.0 Å². The van der Waals surface area contributed by atoms with Crippen LogP contribution in [0.1, 0.15) is 44.9 Å². The van der Waals surface area contributed by atoms with Crippen molar-refractivity contribution >= 4 is 0 Å². The van der Waals surface area contributed by atoms with Crippen LogP contribution in [-0.2, 0) is 11.3 Å². The van der Waals surface area contributed by atoms with Crippen LogP contribution in [0.3, 0.4) is 0 Å². The van der Waals surface area contributed by atoms with E-state index in [9.17, 15) is 0 Å². The zero-order chi connectivity index (χ0) is 17.4.